The number of carbonyl (C=O) groups excluding carboxylic acids is 1. The van der Waals surface area contributed by atoms with E-state index in [1.807, 2.05) is 18.6 Å². The van der Waals surface area contributed by atoms with Crippen molar-refractivity contribution in [1.29, 1.82) is 0 Å². The number of nitrogens with zero attached hydrogens (tertiary/aromatic N) is 4. The minimum atomic E-state index is -0.230. The van der Waals surface area contributed by atoms with Crippen molar-refractivity contribution in [3.05, 3.63) is 30.4 Å². The molecular weight excluding hydrogens is 290 g/mol. The van der Waals surface area contributed by atoms with Crippen molar-refractivity contribution in [2.24, 2.45) is 16.1 Å². The summed E-state index contributed by atoms with van der Waals surface area (Å²) in [5.41, 5.74) is 2.47. The van der Waals surface area contributed by atoms with Gasteiger partial charge in [0.15, 0.2) is 0 Å². The predicted octanol–water partition coefficient (Wildman–Crippen LogP) is 2.43. The standard InChI is InChI=1S/C17H20N5O.H2/c23-17(19-16-11-14(20-21-16)12-4-5-12)15-10-13(6-7-18-15)22-8-2-1-3-9-22;/h6-7,10-12H,1-5,8-9H2,(H,19,21,23);1H. The summed E-state index contributed by atoms with van der Waals surface area (Å²) in [5, 5.41) is 11.0. The molecule has 1 aliphatic carbocycles. The van der Waals surface area contributed by atoms with E-state index < -0.39 is 0 Å². The first-order chi connectivity index (χ1) is 11.3. The summed E-state index contributed by atoms with van der Waals surface area (Å²) in [4.78, 5) is 18.9. The average molecular weight is 312 g/mol. The Morgan fingerprint density at radius 2 is 2.04 bits per heavy atom. The lowest BCUT2D eigenvalue weighted by atomic mass is 10.1. The highest BCUT2D eigenvalue weighted by atomic mass is 16.2. The molecule has 2 aliphatic heterocycles. The molecule has 1 aromatic heterocycles. The van der Waals surface area contributed by atoms with Gasteiger partial charge in [0, 0.05) is 26.4 Å². The summed E-state index contributed by atoms with van der Waals surface area (Å²) in [6.07, 6.45) is 9.61. The molecule has 1 saturated heterocycles. The molecule has 6 nitrogen and oxygen atoms in total. The van der Waals surface area contributed by atoms with E-state index in [4.69, 9.17) is 0 Å². The van der Waals surface area contributed by atoms with Crippen LogP contribution in [-0.2, 0) is 0 Å². The zero-order chi connectivity index (χ0) is 15.6. The van der Waals surface area contributed by atoms with E-state index in [1.54, 1.807) is 6.20 Å². The summed E-state index contributed by atoms with van der Waals surface area (Å²) >= 11 is 0. The van der Waals surface area contributed by atoms with E-state index >= 15 is 0 Å². The van der Waals surface area contributed by atoms with Crippen LogP contribution < -0.4 is 10.2 Å². The zero-order valence-corrected chi connectivity index (χ0v) is 13.0. The van der Waals surface area contributed by atoms with Crippen LogP contribution in [0, 0.1) is 12.3 Å². The molecule has 2 fully saturated rings. The lowest BCUT2D eigenvalue weighted by Crippen LogP contribution is -2.32. The Kier molecular flexibility index (Phi) is 3.81. The summed E-state index contributed by atoms with van der Waals surface area (Å²) in [7, 11) is 0. The number of nitrogens with one attached hydrogen (secondary N) is 1. The average Bonchev–Trinajstić information content (AvgIpc) is 3.36. The Morgan fingerprint density at radius 3 is 2.83 bits per heavy atom. The minimum Gasteiger partial charge on any atom is -0.371 e. The Bertz CT molecular complexity index is 677. The second-order valence-electron chi connectivity index (χ2n) is 6.33. The fraction of sp³-hybridized carbons (Fsp3) is 0.471. The van der Waals surface area contributed by atoms with E-state index in [9.17, 15) is 4.79 Å². The molecule has 1 N–H and O–H groups in total. The summed E-state index contributed by atoms with van der Waals surface area (Å²) in [6.45, 7) is 2.09. The van der Waals surface area contributed by atoms with Crippen molar-refractivity contribution in [1.82, 2.24) is 10.3 Å². The largest absolute Gasteiger partial charge is 0.371 e. The molecule has 1 aromatic rings. The first-order valence-electron chi connectivity index (χ1n) is 8.32. The molecule has 1 amide bonds. The second kappa shape index (κ2) is 6.10. The maximum absolute atomic E-state index is 12.4. The lowest BCUT2D eigenvalue weighted by molar-refractivity contribution is 0.0972. The molecule has 0 aromatic carbocycles. The fourth-order valence-electron chi connectivity index (χ4n) is 3.02. The Hall–Kier alpha value is -2.24. The third-order valence-corrected chi connectivity index (χ3v) is 4.49. The number of rotatable bonds is 3. The normalized spacial score (nSPS) is 21.0. The van der Waals surface area contributed by atoms with Crippen molar-refractivity contribution in [3.63, 3.8) is 0 Å². The van der Waals surface area contributed by atoms with Gasteiger partial charge >= 0.3 is 0 Å². The van der Waals surface area contributed by atoms with Crippen molar-refractivity contribution in [2.45, 2.75) is 32.1 Å². The molecule has 1 saturated carbocycles. The fourth-order valence-corrected chi connectivity index (χ4v) is 3.02. The van der Waals surface area contributed by atoms with Crippen molar-refractivity contribution in [2.75, 3.05) is 18.0 Å². The van der Waals surface area contributed by atoms with Gasteiger partial charge in [0.05, 0.1) is 12.1 Å². The minimum absolute atomic E-state index is 0. The highest BCUT2D eigenvalue weighted by Crippen LogP contribution is 2.33. The third-order valence-electron chi connectivity index (χ3n) is 4.49. The van der Waals surface area contributed by atoms with Gasteiger partial charge in [0.2, 0.25) is 0 Å². The van der Waals surface area contributed by atoms with Gasteiger partial charge in [-0.2, -0.15) is 5.10 Å². The number of amides is 1. The first-order valence-corrected chi connectivity index (χ1v) is 8.32. The van der Waals surface area contributed by atoms with Crippen molar-refractivity contribution >= 4 is 23.1 Å². The van der Waals surface area contributed by atoms with Gasteiger partial charge in [-0.25, -0.2) is 0 Å². The van der Waals surface area contributed by atoms with Crippen LogP contribution in [0.25, 0.3) is 0 Å². The zero-order valence-electron chi connectivity index (χ0n) is 13.0. The van der Waals surface area contributed by atoms with Crippen LogP contribution in [0.15, 0.2) is 28.5 Å². The number of hydrogen-bond donors (Lipinski definition) is 1. The smallest absolute Gasteiger partial charge is 0.275 e. The number of pyridine rings is 1. The van der Waals surface area contributed by atoms with E-state index in [0.29, 0.717) is 17.4 Å². The molecule has 0 bridgehead atoms. The summed E-state index contributed by atoms with van der Waals surface area (Å²) < 4.78 is 0. The molecule has 3 heterocycles. The molecule has 1 radical (unpaired) electrons. The SMILES string of the molecule is O=C(NC1=NN=C(C2CC2)[CH]1)c1cc(N2CCCCC2)ccn1.[HH]. The van der Waals surface area contributed by atoms with Gasteiger partial charge in [0.25, 0.3) is 5.91 Å². The molecule has 121 valence electrons. The Labute approximate surface area is 137 Å². The molecule has 3 aliphatic rings. The maximum Gasteiger partial charge on any atom is 0.275 e. The second-order valence-corrected chi connectivity index (χ2v) is 6.33. The number of hydrogen-bond acceptors (Lipinski definition) is 5. The summed E-state index contributed by atoms with van der Waals surface area (Å²) in [6, 6.07) is 3.83. The van der Waals surface area contributed by atoms with E-state index in [0.717, 1.165) is 24.5 Å². The predicted molar refractivity (Wildman–Crippen MR) is 91.8 cm³/mol. The Morgan fingerprint density at radius 1 is 1.22 bits per heavy atom. The number of piperidine rings is 1. The molecule has 6 heteroatoms. The molecular formula is C17H22N5O. The van der Waals surface area contributed by atoms with Crippen LogP contribution in [0.5, 0.6) is 0 Å². The highest BCUT2D eigenvalue weighted by molar-refractivity contribution is 6.22. The number of amidine groups is 1. The third kappa shape index (κ3) is 3.25. The lowest BCUT2D eigenvalue weighted by Gasteiger charge is -2.28. The molecule has 4 rings (SSSR count). The highest BCUT2D eigenvalue weighted by Gasteiger charge is 2.31. The monoisotopic (exact) mass is 312 g/mol. The van der Waals surface area contributed by atoms with Gasteiger partial charge in [-0.15, -0.1) is 5.10 Å². The van der Waals surface area contributed by atoms with Crippen LogP contribution in [0.1, 0.15) is 44.0 Å². The van der Waals surface area contributed by atoms with Crippen molar-refractivity contribution in [3.8, 4) is 0 Å². The number of carbonyl (C=O) groups is 1. The Balaban J connectivity index is 0.00000169. The van der Waals surface area contributed by atoms with Gasteiger partial charge in [-0.05, 0) is 50.2 Å². The molecule has 0 atom stereocenters. The van der Waals surface area contributed by atoms with Crippen LogP contribution in [0.2, 0.25) is 0 Å². The molecule has 0 spiro atoms. The summed E-state index contributed by atoms with van der Waals surface area (Å²) in [5.74, 6) is 0.821. The van der Waals surface area contributed by atoms with Crippen LogP contribution in [0.4, 0.5) is 5.69 Å². The van der Waals surface area contributed by atoms with Gasteiger partial charge in [0.1, 0.15) is 11.5 Å². The quantitative estimate of drug-likeness (QED) is 0.932. The van der Waals surface area contributed by atoms with Crippen LogP contribution in [0.3, 0.4) is 0 Å². The van der Waals surface area contributed by atoms with Crippen molar-refractivity contribution < 1.29 is 6.22 Å². The van der Waals surface area contributed by atoms with Gasteiger partial charge < -0.3 is 10.2 Å². The van der Waals surface area contributed by atoms with E-state index in [2.05, 4.69) is 25.4 Å². The first kappa shape index (κ1) is 14.4. The maximum atomic E-state index is 12.4. The molecule has 23 heavy (non-hydrogen) atoms. The molecule has 0 unspecified atom stereocenters. The topological polar surface area (TPSA) is 70.0 Å². The van der Waals surface area contributed by atoms with Crippen LogP contribution in [-0.4, -0.2) is 35.5 Å². The number of aromatic nitrogens is 1. The number of anilines is 1. The van der Waals surface area contributed by atoms with Gasteiger partial charge in [-0.1, -0.05) is 0 Å². The van der Waals surface area contributed by atoms with E-state index in [-0.39, 0.29) is 7.33 Å². The van der Waals surface area contributed by atoms with Gasteiger partial charge in [-0.3, -0.25) is 9.78 Å². The van der Waals surface area contributed by atoms with Crippen LogP contribution >= 0.6 is 0 Å². The van der Waals surface area contributed by atoms with E-state index in [1.165, 1.54) is 32.1 Å².